The molecule has 4 amide bonds. The molecule has 3 unspecified atom stereocenters. The van der Waals surface area contributed by atoms with E-state index in [1.165, 1.54) is 49.4 Å². The number of amides is 4. The highest BCUT2D eigenvalue weighted by Gasteiger charge is 2.41. The van der Waals surface area contributed by atoms with Crippen molar-refractivity contribution in [2.24, 2.45) is 11.8 Å². The zero-order chi connectivity index (χ0) is 44.8. The molecule has 2 aromatic heterocycles. The van der Waals surface area contributed by atoms with Crippen LogP contribution in [0.3, 0.4) is 0 Å². The molecule has 4 aliphatic rings. The lowest BCUT2D eigenvalue weighted by Crippen LogP contribution is -2.51. The Morgan fingerprint density at radius 1 is 0.594 bits per heavy atom. The fourth-order valence-electron chi connectivity index (χ4n) is 10.4. The summed E-state index contributed by atoms with van der Waals surface area (Å²) in [4.78, 5) is 75.6. The van der Waals surface area contributed by atoms with Gasteiger partial charge in [0.1, 0.15) is 23.7 Å². The summed E-state index contributed by atoms with van der Waals surface area (Å²) in [5.41, 5.74) is 8.51. The lowest BCUT2D eigenvalue weighted by atomic mass is 10.0. The number of aromatic nitrogens is 4. The molecule has 0 bridgehead atoms. The van der Waals surface area contributed by atoms with Crippen molar-refractivity contribution in [3.05, 3.63) is 89.0 Å². The number of H-pyrrole nitrogens is 2. The first-order chi connectivity index (χ1) is 30.9. The predicted octanol–water partition coefficient (Wildman–Crippen LogP) is 8.49. The van der Waals surface area contributed by atoms with Crippen LogP contribution in [0.5, 0.6) is 0 Å². The maximum atomic E-state index is 13.9. The Balaban J connectivity index is 0.994. The van der Waals surface area contributed by atoms with E-state index in [4.69, 9.17) is 19.4 Å². The second-order valence-corrected chi connectivity index (χ2v) is 18.8. The number of anilines is 1. The van der Waals surface area contributed by atoms with E-state index in [1.807, 2.05) is 37.5 Å². The van der Waals surface area contributed by atoms with Crippen LogP contribution >= 0.6 is 0 Å². The predicted molar refractivity (Wildman–Crippen MR) is 244 cm³/mol. The smallest absolute Gasteiger partial charge is 0.407 e. The van der Waals surface area contributed by atoms with Crippen LogP contribution in [-0.2, 0) is 19.1 Å². The molecule has 4 fully saturated rings. The van der Waals surface area contributed by atoms with Crippen molar-refractivity contribution in [3.63, 3.8) is 0 Å². The summed E-state index contributed by atoms with van der Waals surface area (Å²) < 4.78 is 9.66. The normalized spacial score (nSPS) is 22.2. The zero-order valence-electron chi connectivity index (χ0n) is 37.7. The summed E-state index contributed by atoms with van der Waals surface area (Å²) in [6, 6.07) is 20.5. The standard InChI is InChI=1S/C49H61N9O6/c1-27(2)42(54-48(61)63-5)46(59)56-23-7-9-40(56)44-50-34-19-15-31(25-36(34)52-44)38-21-22-39(58(38)33-17-13-30(14-18-33)29-11-12-29)32-16-20-35-37(26-32)53-45(51-35)41-10-8-24-57(41)47(60)43(28(3)4)55-49(62)64-6/h13-20,25-29,38-43H,7-12,21-24H2,1-6H3,(H,50,52)(H,51,53)(H,54,61)(H,55,62)/t38-,39?,40?,41+,42?,43+/m1/s1. The van der Waals surface area contributed by atoms with E-state index in [9.17, 15) is 19.2 Å². The number of imidazole rings is 2. The molecule has 3 saturated heterocycles. The first-order valence-corrected chi connectivity index (χ1v) is 23.1. The minimum absolute atomic E-state index is 0.0901. The van der Waals surface area contributed by atoms with Gasteiger partial charge in [0.2, 0.25) is 11.8 Å². The van der Waals surface area contributed by atoms with Gasteiger partial charge < -0.3 is 44.8 Å². The number of aromatic amines is 2. The number of hydrogen-bond acceptors (Lipinski definition) is 9. The quantitative estimate of drug-likeness (QED) is 0.0957. The summed E-state index contributed by atoms with van der Waals surface area (Å²) in [5.74, 6) is 1.68. The van der Waals surface area contributed by atoms with Gasteiger partial charge in [0.05, 0.1) is 60.5 Å². The zero-order valence-corrected chi connectivity index (χ0v) is 37.7. The number of carbonyl (C=O) groups is 4. The highest BCUT2D eigenvalue weighted by molar-refractivity contribution is 5.87. The Labute approximate surface area is 374 Å². The number of ether oxygens (including phenoxy) is 2. The molecule has 338 valence electrons. The third-order valence-corrected chi connectivity index (χ3v) is 13.9. The number of carbonyl (C=O) groups excluding carboxylic acids is 4. The van der Waals surface area contributed by atoms with Crippen molar-refractivity contribution in [3.8, 4) is 0 Å². The van der Waals surface area contributed by atoms with Gasteiger partial charge in [-0.1, -0.05) is 52.0 Å². The van der Waals surface area contributed by atoms with Gasteiger partial charge >= 0.3 is 12.2 Å². The van der Waals surface area contributed by atoms with Gasteiger partial charge in [-0.25, -0.2) is 19.6 Å². The van der Waals surface area contributed by atoms with Crippen molar-refractivity contribution in [2.45, 2.75) is 121 Å². The van der Waals surface area contributed by atoms with Crippen molar-refractivity contribution < 1.29 is 28.7 Å². The number of alkyl carbamates (subject to hydrolysis) is 2. The number of nitrogens with one attached hydrogen (secondary N) is 4. The molecule has 4 N–H and O–H groups in total. The summed E-state index contributed by atoms with van der Waals surface area (Å²) in [5, 5.41) is 5.49. The van der Waals surface area contributed by atoms with Crippen LogP contribution in [0.2, 0.25) is 0 Å². The third kappa shape index (κ3) is 8.36. The number of likely N-dealkylation sites (tertiary alicyclic amines) is 2. The Kier molecular flexibility index (Phi) is 12.0. The minimum Gasteiger partial charge on any atom is -0.453 e. The number of hydrogen-bond donors (Lipinski definition) is 4. The van der Waals surface area contributed by atoms with E-state index in [-0.39, 0.29) is 47.8 Å². The largest absolute Gasteiger partial charge is 0.453 e. The molecule has 0 spiro atoms. The van der Waals surface area contributed by atoms with Crippen LogP contribution in [0.15, 0.2) is 60.7 Å². The number of methoxy groups -OCH3 is 2. The molecule has 3 aliphatic heterocycles. The second kappa shape index (κ2) is 17.8. The molecule has 9 rings (SSSR count). The fraction of sp³-hybridized carbons (Fsp3) is 0.510. The topological polar surface area (TPSA) is 178 Å². The molecule has 0 radical (unpaired) electrons. The maximum Gasteiger partial charge on any atom is 0.407 e. The molecule has 5 heterocycles. The van der Waals surface area contributed by atoms with Gasteiger partial charge in [-0.3, -0.25) is 9.59 Å². The maximum absolute atomic E-state index is 13.9. The molecule has 5 aromatic rings. The SMILES string of the molecule is COC(=O)NC(C(=O)N1CCCC1c1nc2ccc([C@H]3CCC(c4ccc5nc([C@@H]6CCCN6C(=O)[C@@H](NC(=O)OC)C(C)C)[nH]c5c4)N3c3ccc(C4CC4)cc3)cc2[nH]1)C(C)C. The van der Waals surface area contributed by atoms with E-state index >= 15 is 0 Å². The average molecular weight is 872 g/mol. The molecular formula is C49H61N9O6. The molecule has 15 heteroatoms. The summed E-state index contributed by atoms with van der Waals surface area (Å²) in [6.07, 6.45) is 6.40. The molecule has 3 aromatic carbocycles. The summed E-state index contributed by atoms with van der Waals surface area (Å²) in [6.45, 7) is 8.87. The molecule has 1 saturated carbocycles. The van der Waals surface area contributed by atoms with Crippen molar-refractivity contribution in [1.82, 2.24) is 40.4 Å². The van der Waals surface area contributed by atoms with Gasteiger partial charge in [0.15, 0.2) is 0 Å². The van der Waals surface area contributed by atoms with Crippen molar-refractivity contribution >= 4 is 51.8 Å². The number of rotatable bonds is 12. The van der Waals surface area contributed by atoms with Gasteiger partial charge in [-0.05, 0) is 122 Å². The van der Waals surface area contributed by atoms with Gasteiger partial charge in [0, 0.05) is 18.8 Å². The van der Waals surface area contributed by atoms with Crippen LogP contribution in [0.1, 0.15) is 137 Å². The lowest BCUT2D eigenvalue weighted by Gasteiger charge is -2.33. The van der Waals surface area contributed by atoms with E-state index in [0.29, 0.717) is 19.0 Å². The fourth-order valence-corrected chi connectivity index (χ4v) is 10.4. The highest BCUT2D eigenvalue weighted by atomic mass is 16.5. The van der Waals surface area contributed by atoms with Crippen LogP contribution < -0.4 is 15.5 Å². The number of fused-ring (bicyclic) bond motifs is 2. The van der Waals surface area contributed by atoms with Crippen LogP contribution in [-0.4, -0.2) is 93.1 Å². The lowest BCUT2D eigenvalue weighted by molar-refractivity contribution is -0.136. The Hall–Kier alpha value is -6.12. The van der Waals surface area contributed by atoms with E-state index in [0.717, 1.165) is 72.2 Å². The molecule has 15 nitrogen and oxygen atoms in total. The van der Waals surface area contributed by atoms with Crippen LogP contribution in [0.25, 0.3) is 22.1 Å². The number of nitrogens with zero attached hydrogens (tertiary/aromatic N) is 5. The van der Waals surface area contributed by atoms with Gasteiger partial charge in [-0.2, -0.15) is 0 Å². The van der Waals surface area contributed by atoms with Crippen LogP contribution in [0, 0.1) is 11.8 Å². The van der Waals surface area contributed by atoms with Gasteiger partial charge in [-0.15, -0.1) is 0 Å². The molecule has 6 atom stereocenters. The van der Waals surface area contributed by atoms with Crippen molar-refractivity contribution in [2.75, 3.05) is 32.2 Å². The minimum atomic E-state index is -0.700. The van der Waals surface area contributed by atoms with Gasteiger partial charge in [0.25, 0.3) is 0 Å². The average Bonchev–Trinajstić information content (AvgIpc) is 3.84. The van der Waals surface area contributed by atoms with Crippen molar-refractivity contribution in [1.29, 1.82) is 0 Å². The number of benzene rings is 3. The van der Waals surface area contributed by atoms with Crippen LogP contribution in [0.4, 0.5) is 15.3 Å². The Bertz CT molecular complexity index is 2380. The molecular weight excluding hydrogens is 811 g/mol. The van der Waals surface area contributed by atoms with E-state index in [2.05, 4.69) is 86.2 Å². The van der Waals surface area contributed by atoms with E-state index in [1.54, 1.807) is 0 Å². The first kappa shape index (κ1) is 43.1. The Morgan fingerprint density at radius 3 is 1.44 bits per heavy atom. The highest BCUT2D eigenvalue weighted by Crippen LogP contribution is 2.49. The summed E-state index contributed by atoms with van der Waals surface area (Å²) >= 11 is 0. The second-order valence-electron chi connectivity index (χ2n) is 18.8. The summed E-state index contributed by atoms with van der Waals surface area (Å²) in [7, 11) is 2.61. The molecule has 64 heavy (non-hydrogen) atoms. The first-order valence-electron chi connectivity index (χ1n) is 23.1. The third-order valence-electron chi connectivity index (χ3n) is 13.9. The Morgan fingerprint density at radius 2 is 1.03 bits per heavy atom. The van der Waals surface area contributed by atoms with E-state index < -0.39 is 24.3 Å². The monoisotopic (exact) mass is 871 g/mol. The molecule has 1 aliphatic carbocycles.